The van der Waals surface area contributed by atoms with Crippen molar-refractivity contribution in [3.05, 3.63) is 11.9 Å². The van der Waals surface area contributed by atoms with Gasteiger partial charge in [-0.1, -0.05) is 0 Å². The number of hydrogen-bond acceptors (Lipinski definition) is 1. The highest BCUT2D eigenvalue weighted by molar-refractivity contribution is 6.00. The van der Waals surface area contributed by atoms with E-state index in [0.717, 1.165) is 6.42 Å². The highest BCUT2D eigenvalue weighted by Gasteiger charge is 2.48. The minimum absolute atomic E-state index is 0.0509. The van der Waals surface area contributed by atoms with E-state index in [1.54, 1.807) is 0 Å². The molecular formula is C6H5FO. The molecule has 2 atom stereocenters. The van der Waals surface area contributed by atoms with Crippen molar-refractivity contribution in [2.45, 2.75) is 6.42 Å². The number of Topliss-reactive ketones (excluding diaryl/α,β-unsaturated/α-hetero) is 1. The molecule has 0 aromatic heterocycles. The molecule has 0 aliphatic heterocycles. The zero-order chi connectivity index (χ0) is 5.72. The van der Waals surface area contributed by atoms with Crippen LogP contribution in [0, 0.1) is 11.8 Å². The van der Waals surface area contributed by atoms with Crippen LogP contribution in [0.15, 0.2) is 11.9 Å². The smallest absolute Gasteiger partial charge is 0.194 e. The highest BCUT2D eigenvalue weighted by atomic mass is 19.1. The molecule has 0 spiro atoms. The third kappa shape index (κ3) is 0.335. The van der Waals surface area contributed by atoms with Crippen LogP contribution in [0.3, 0.4) is 0 Å². The van der Waals surface area contributed by atoms with E-state index in [0.29, 0.717) is 0 Å². The Bertz CT molecular complexity index is 183. The van der Waals surface area contributed by atoms with Gasteiger partial charge in [-0.2, -0.15) is 0 Å². The van der Waals surface area contributed by atoms with Crippen LogP contribution in [0.1, 0.15) is 6.42 Å². The second-order valence-corrected chi connectivity index (χ2v) is 2.38. The Morgan fingerprint density at radius 3 is 2.75 bits per heavy atom. The van der Waals surface area contributed by atoms with Crippen molar-refractivity contribution in [3.8, 4) is 0 Å². The molecule has 0 saturated heterocycles. The van der Waals surface area contributed by atoms with Gasteiger partial charge in [-0.05, 0) is 18.4 Å². The highest BCUT2D eigenvalue weighted by Crippen LogP contribution is 2.47. The molecule has 0 aromatic carbocycles. The third-order valence-electron chi connectivity index (χ3n) is 1.77. The summed E-state index contributed by atoms with van der Waals surface area (Å²) in [6.45, 7) is 0. The van der Waals surface area contributed by atoms with Gasteiger partial charge in [0.2, 0.25) is 0 Å². The van der Waals surface area contributed by atoms with Crippen molar-refractivity contribution >= 4 is 5.78 Å². The van der Waals surface area contributed by atoms with Crippen molar-refractivity contribution in [2.75, 3.05) is 0 Å². The molecule has 2 aliphatic carbocycles. The molecule has 0 radical (unpaired) electrons. The van der Waals surface area contributed by atoms with Crippen molar-refractivity contribution in [2.24, 2.45) is 11.8 Å². The maximum absolute atomic E-state index is 12.1. The number of ketones is 1. The summed E-state index contributed by atoms with van der Waals surface area (Å²) in [6, 6.07) is 0. The summed E-state index contributed by atoms with van der Waals surface area (Å²) in [7, 11) is 0. The van der Waals surface area contributed by atoms with E-state index in [2.05, 4.69) is 0 Å². The Morgan fingerprint density at radius 2 is 2.50 bits per heavy atom. The lowest BCUT2D eigenvalue weighted by Gasteiger charge is -1.82. The minimum atomic E-state index is -0.508. The maximum atomic E-state index is 12.1. The van der Waals surface area contributed by atoms with Gasteiger partial charge in [0.05, 0.1) is 0 Å². The van der Waals surface area contributed by atoms with E-state index in [4.69, 9.17) is 0 Å². The Balaban J connectivity index is 2.37. The minimum Gasteiger partial charge on any atom is -0.291 e. The van der Waals surface area contributed by atoms with E-state index in [1.807, 2.05) is 0 Å². The normalized spacial score (nSPS) is 41.6. The first-order valence-corrected chi connectivity index (χ1v) is 2.70. The zero-order valence-corrected chi connectivity index (χ0v) is 4.23. The Kier molecular flexibility index (Phi) is 0.539. The van der Waals surface area contributed by atoms with E-state index in [9.17, 15) is 9.18 Å². The number of carbonyl (C=O) groups excluding carboxylic acids is 1. The molecule has 0 amide bonds. The molecule has 1 saturated carbocycles. The van der Waals surface area contributed by atoms with Crippen molar-refractivity contribution < 1.29 is 9.18 Å². The van der Waals surface area contributed by atoms with E-state index in [1.165, 1.54) is 6.08 Å². The van der Waals surface area contributed by atoms with Crippen LogP contribution >= 0.6 is 0 Å². The summed E-state index contributed by atoms with van der Waals surface area (Å²) in [5.41, 5.74) is 0. The van der Waals surface area contributed by atoms with Gasteiger partial charge >= 0.3 is 0 Å². The van der Waals surface area contributed by atoms with E-state index >= 15 is 0 Å². The van der Waals surface area contributed by atoms with Crippen molar-refractivity contribution in [1.82, 2.24) is 0 Å². The number of carbonyl (C=O) groups is 1. The summed E-state index contributed by atoms with van der Waals surface area (Å²) in [4.78, 5) is 10.5. The average molecular weight is 112 g/mol. The van der Waals surface area contributed by atoms with Crippen LogP contribution in [0.4, 0.5) is 4.39 Å². The first-order chi connectivity index (χ1) is 3.79. The standard InChI is InChI=1S/C6H5FO/c7-5-2-3-1-4(3)6(5)8/h2-4H,1H2. The Morgan fingerprint density at radius 1 is 1.75 bits per heavy atom. The first-order valence-electron chi connectivity index (χ1n) is 2.70. The number of hydrogen-bond donors (Lipinski definition) is 0. The van der Waals surface area contributed by atoms with Gasteiger partial charge in [-0.15, -0.1) is 0 Å². The SMILES string of the molecule is O=C1C(F)=CC2CC12. The van der Waals surface area contributed by atoms with Gasteiger partial charge in [-0.25, -0.2) is 4.39 Å². The molecule has 2 aliphatic rings. The lowest BCUT2D eigenvalue weighted by Crippen LogP contribution is -1.95. The summed E-state index contributed by atoms with van der Waals surface area (Å²) in [5, 5.41) is 0. The molecule has 1 fully saturated rings. The fourth-order valence-electron chi connectivity index (χ4n) is 1.15. The molecule has 2 heteroatoms. The second kappa shape index (κ2) is 1.02. The predicted octanol–water partition coefficient (Wildman–Crippen LogP) is 1.06. The summed E-state index contributed by atoms with van der Waals surface area (Å²) in [5.74, 6) is -0.446. The van der Waals surface area contributed by atoms with Gasteiger partial charge < -0.3 is 0 Å². The summed E-state index contributed by atoms with van der Waals surface area (Å²) in [6.07, 6.45) is 2.33. The van der Waals surface area contributed by atoms with Crippen LogP contribution in [0.2, 0.25) is 0 Å². The first kappa shape index (κ1) is 4.24. The van der Waals surface area contributed by atoms with Gasteiger partial charge in [0.1, 0.15) is 0 Å². The molecule has 2 rings (SSSR count). The van der Waals surface area contributed by atoms with Gasteiger partial charge in [-0.3, -0.25) is 4.79 Å². The number of allylic oxidation sites excluding steroid dienone is 2. The molecule has 8 heavy (non-hydrogen) atoms. The third-order valence-corrected chi connectivity index (χ3v) is 1.77. The number of rotatable bonds is 0. The maximum Gasteiger partial charge on any atom is 0.194 e. The summed E-state index contributed by atoms with van der Waals surface area (Å²) < 4.78 is 12.1. The van der Waals surface area contributed by atoms with Gasteiger partial charge in [0, 0.05) is 5.92 Å². The largest absolute Gasteiger partial charge is 0.291 e. The van der Waals surface area contributed by atoms with E-state index < -0.39 is 5.83 Å². The van der Waals surface area contributed by atoms with Crippen LogP contribution in [0.5, 0.6) is 0 Å². The fraction of sp³-hybridized carbons (Fsp3) is 0.500. The molecule has 0 bridgehead atoms. The van der Waals surface area contributed by atoms with Crippen LogP contribution in [-0.2, 0) is 4.79 Å². The van der Waals surface area contributed by atoms with Crippen LogP contribution in [-0.4, -0.2) is 5.78 Å². The molecule has 0 heterocycles. The summed E-state index contributed by atoms with van der Waals surface area (Å²) >= 11 is 0. The molecule has 0 aromatic rings. The average Bonchev–Trinajstić information content (AvgIpc) is 2.39. The van der Waals surface area contributed by atoms with Gasteiger partial charge in [0.15, 0.2) is 11.6 Å². The lowest BCUT2D eigenvalue weighted by molar-refractivity contribution is -0.117. The molecule has 1 nitrogen and oxygen atoms in total. The predicted molar refractivity (Wildman–Crippen MR) is 25.8 cm³/mol. The van der Waals surface area contributed by atoms with Gasteiger partial charge in [0.25, 0.3) is 0 Å². The topological polar surface area (TPSA) is 17.1 Å². The second-order valence-electron chi connectivity index (χ2n) is 2.38. The Hall–Kier alpha value is -0.660. The molecule has 0 N–H and O–H groups in total. The Labute approximate surface area is 46.2 Å². The lowest BCUT2D eigenvalue weighted by atomic mass is 10.3. The monoisotopic (exact) mass is 112 g/mol. The van der Waals surface area contributed by atoms with E-state index in [-0.39, 0.29) is 17.6 Å². The quantitative estimate of drug-likeness (QED) is 0.458. The van der Waals surface area contributed by atoms with Crippen LogP contribution < -0.4 is 0 Å². The number of fused-ring (bicyclic) bond motifs is 1. The molecule has 42 valence electrons. The van der Waals surface area contributed by atoms with Crippen molar-refractivity contribution in [1.29, 1.82) is 0 Å². The zero-order valence-electron chi connectivity index (χ0n) is 4.23. The van der Waals surface area contributed by atoms with Crippen LogP contribution in [0.25, 0.3) is 0 Å². The fourth-order valence-corrected chi connectivity index (χ4v) is 1.15. The van der Waals surface area contributed by atoms with Crippen molar-refractivity contribution in [3.63, 3.8) is 0 Å². The number of halogens is 1. The molecule has 2 unspecified atom stereocenters. The molecular weight excluding hydrogens is 107 g/mol.